The van der Waals surface area contributed by atoms with Crippen LogP contribution in [0.1, 0.15) is 25.7 Å². The van der Waals surface area contributed by atoms with Crippen molar-refractivity contribution in [2.75, 3.05) is 5.32 Å². The Hall–Kier alpha value is -1.86. The highest BCUT2D eigenvalue weighted by molar-refractivity contribution is 6.33. The van der Waals surface area contributed by atoms with Crippen LogP contribution in [0.3, 0.4) is 0 Å². The summed E-state index contributed by atoms with van der Waals surface area (Å²) in [5.74, 6) is -1.27. The zero-order valence-electron chi connectivity index (χ0n) is 11.7. The van der Waals surface area contributed by atoms with Crippen LogP contribution in [0.15, 0.2) is 21.3 Å². The Morgan fingerprint density at radius 2 is 2.09 bits per heavy atom. The van der Waals surface area contributed by atoms with E-state index in [1.807, 2.05) is 0 Å². The number of H-pyrrole nitrogens is 1. The Morgan fingerprint density at radius 3 is 2.73 bits per heavy atom. The highest BCUT2D eigenvalue weighted by Crippen LogP contribution is 2.32. The molecule has 2 aromatic rings. The fourth-order valence-electron chi connectivity index (χ4n) is 2.65. The highest BCUT2D eigenvalue weighted by atomic mass is 35.5. The number of hydrogen-bond acceptors (Lipinski definition) is 5. The lowest BCUT2D eigenvalue weighted by Gasteiger charge is -2.28. The van der Waals surface area contributed by atoms with E-state index in [1.54, 1.807) is 6.07 Å². The Balaban J connectivity index is 1.87. The van der Waals surface area contributed by atoms with Crippen molar-refractivity contribution in [3.8, 4) is 11.5 Å². The molecular weight excluding hydrogens is 311 g/mol. The molecule has 0 radical (unpaired) electrons. The Bertz CT molecular complexity index is 722. The molecule has 1 saturated carbocycles. The number of nitrogens with zero attached hydrogens (tertiary/aromatic N) is 1. The zero-order valence-corrected chi connectivity index (χ0v) is 12.5. The van der Waals surface area contributed by atoms with Gasteiger partial charge in [-0.2, -0.15) is 0 Å². The summed E-state index contributed by atoms with van der Waals surface area (Å²) < 4.78 is 18.8. The first kappa shape index (κ1) is 15.1. The second-order valence-corrected chi connectivity index (χ2v) is 5.87. The number of halogens is 2. The third kappa shape index (κ3) is 3.15. The molecule has 3 rings (SSSR count). The van der Waals surface area contributed by atoms with Crippen molar-refractivity contribution < 1.29 is 8.81 Å². The molecule has 0 spiro atoms. The third-order valence-corrected chi connectivity index (χ3v) is 4.23. The van der Waals surface area contributed by atoms with Crippen molar-refractivity contribution in [3.63, 3.8) is 0 Å². The lowest BCUT2D eigenvalue weighted by molar-refractivity contribution is 0.411. The molecule has 1 aliphatic rings. The predicted molar refractivity (Wildman–Crippen MR) is 81.4 cm³/mol. The van der Waals surface area contributed by atoms with Gasteiger partial charge in [-0.15, -0.1) is 5.10 Å². The number of hydrogen-bond donors (Lipinski definition) is 3. The van der Waals surface area contributed by atoms with Crippen molar-refractivity contribution >= 4 is 17.3 Å². The molecule has 1 heterocycles. The Morgan fingerprint density at radius 1 is 1.36 bits per heavy atom. The maximum Gasteiger partial charge on any atom is 0.434 e. The lowest BCUT2D eigenvalue weighted by atomic mass is 9.91. The first-order valence-electron chi connectivity index (χ1n) is 7.10. The molecule has 0 bridgehead atoms. The Kier molecular flexibility index (Phi) is 4.17. The molecule has 1 aliphatic carbocycles. The molecule has 8 heteroatoms. The first-order valence-corrected chi connectivity index (χ1v) is 7.48. The van der Waals surface area contributed by atoms with Gasteiger partial charge in [0.05, 0.1) is 10.7 Å². The van der Waals surface area contributed by atoms with Crippen LogP contribution in [0.25, 0.3) is 11.5 Å². The molecule has 1 fully saturated rings. The van der Waals surface area contributed by atoms with E-state index >= 15 is 0 Å². The van der Waals surface area contributed by atoms with Gasteiger partial charge in [0, 0.05) is 17.6 Å². The summed E-state index contributed by atoms with van der Waals surface area (Å²) >= 11 is 6.02. The molecule has 0 atom stereocenters. The van der Waals surface area contributed by atoms with E-state index in [1.165, 1.54) is 6.07 Å². The molecule has 0 amide bonds. The number of aromatic nitrogens is 2. The van der Waals surface area contributed by atoms with Gasteiger partial charge in [-0.1, -0.05) is 11.6 Å². The molecule has 4 N–H and O–H groups in total. The molecule has 6 nitrogen and oxygen atoms in total. The summed E-state index contributed by atoms with van der Waals surface area (Å²) in [6.07, 6.45) is 3.65. The van der Waals surface area contributed by atoms with Gasteiger partial charge in [-0.05, 0) is 37.8 Å². The van der Waals surface area contributed by atoms with Gasteiger partial charge < -0.3 is 15.5 Å². The summed E-state index contributed by atoms with van der Waals surface area (Å²) in [6.45, 7) is 0. The topological polar surface area (TPSA) is 96.9 Å². The molecule has 1 aromatic carbocycles. The van der Waals surface area contributed by atoms with Crippen LogP contribution in [0.5, 0.6) is 0 Å². The standard InChI is InChI=1S/C14H16ClFN4O2/c15-12-10(16)5-7(13-19-20-14(21)22-13)6-11(12)18-9-3-1-8(17)2-4-9/h5-6,8-9,18H,1-4,17H2,(H,20,21). The second-order valence-electron chi connectivity index (χ2n) is 5.49. The molecule has 0 aliphatic heterocycles. The van der Waals surface area contributed by atoms with Crippen molar-refractivity contribution in [2.24, 2.45) is 5.73 Å². The smallest absolute Gasteiger partial charge is 0.388 e. The number of nitrogens with two attached hydrogens (primary N) is 1. The maximum atomic E-state index is 14.0. The normalized spacial score (nSPS) is 21.8. The van der Waals surface area contributed by atoms with E-state index in [0.29, 0.717) is 11.3 Å². The molecule has 0 unspecified atom stereocenters. The summed E-state index contributed by atoms with van der Waals surface area (Å²) in [7, 11) is 0. The van der Waals surface area contributed by atoms with E-state index in [-0.39, 0.29) is 23.0 Å². The van der Waals surface area contributed by atoms with Crippen molar-refractivity contribution in [1.29, 1.82) is 0 Å². The number of rotatable bonds is 3. The summed E-state index contributed by atoms with van der Waals surface area (Å²) in [6, 6.07) is 3.23. The van der Waals surface area contributed by atoms with Gasteiger partial charge in [-0.3, -0.25) is 0 Å². The number of benzene rings is 1. The average molecular weight is 327 g/mol. The van der Waals surface area contributed by atoms with Gasteiger partial charge in [0.2, 0.25) is 5.89 Å². The third-order valence-electron chi connectivity index (χ3n) is 3.84. The molecule has 22 heavy (non-hydrogen) atoms. The summed E-state index contributed by atoms with van der Waals surface area (Å²) in [4.78, 5) is 11.0. The van der Waals surface area contributed by atoms with E-state index in [2.05, 4.69) is 15.5 Å². The Labute approximate surface area is 130 Å². The largest absolute Gasteiger partial charge is 0.434 e. The van der Waals surface area contributed by atoms with Crippen molar-refractivity contribution in [3.05, 3.63) is 33.5 Å². The van der Waals surface area contributed by atoms with Crippen LogP contribution in [-0.2, 0) is 0 Å². The number of aromatic amines is 1. The van der Waals surface area contributed by atoms with E-state index in [4.69, 9.17) is 21.8 Å². The van der Waals surface area contributed by atoms with Gasteiger partial charge in [0.1, 0.15) is 5.82 Å². The van der Waals surface area contributed by atoms with Crippen LogP contribution >= 0.6 is 11.6 Å². The fourth-order valence-corrected chi connectivity index (χ4v) is 2.82. The monoisotopic (exact) mass is 326 g/mol. The van der Waals surface area contributed by atoms with Crippen LogP contribution in [-0.4, -0.2) is 22.3 Å². The first-order chi connectivity index (χ1) is 10.5. The predicted octanol–water partition coefficient (Wildman–Crippen LogP) is 2.50. The summed E-state index contributed by atoms with van der Waals surface area (Å²) in [5, 5.41) is 9.09. The fraction of sp³-hybridized carbons (Fsp3) is 0.429. The van der Waals surface area contributed by atoms with E-state index < -0.39 is 11.6 Å². The molecule has 1 aromatic heterocycles. The van der Waals surface area contributed by atoms with Crippen molar-refractivity contribution in [2.45, 2.75) is 37.8 Å². The van der Waals surface area contributed by atoms with Gasteiger partial charge in [0.15, 0.2) is 0 Å². The average Bonchev–Trinajstić information content (AvgIpc) is 2.92. The molecular formula is C14H16ClFN4O2. The minimum Gasteiger partial charge on any atom is -0.388 e. The second kappa shape index (κ2) is 6.10. The minimum atomic E-state index is -0.693. The van der Waals surface area contributed by atoms with Crippen LogP contribution in [0.2, 0.25) is 5.02 Å². The number of anilines is 1. The molecule has 118 valence electrons. The van der Waals surface area contributed by atoms with Gasteiger partial charge >= 0.3 is 5.76 Å². The van der Waals surface area contributed by atoms with Gasteiger partial charge in [-0.25, -0.2) is 14.3 Å². The van der Waals surface area contributed by atoms with Crippen LogP contribution in [0.4, 0.5) is 10.1 Å². The SMILES string of the molecule is NC1CCC(Nc2cc(-c3n[nH]c(=O)o3)cc(F)c2Cl)CC1. The van der Waals surface area contributed by atoms with Crippen molar-refractivity contribution in [1.82, 2.24) is 10.2 Å². The quantitative estimate of drug-likeness (QED) is 0.805. The summed E-state index contributed by atoms with van der Waals surface area (Å²) in [5.41, 5.74) is 6.68. The van der Waals surface area contributed by atoms with E-state index in [0.717, 1.165) is 25.7 Å². The highest BCUT2D eigenvalue weighted by Gasteiger charge is 2.21. The minimum absolute atomic E-state index is 0.0107. The number of nitrogens with one attached hydrogen (secondary N) is 2. The molecule has 0 saturated heterocycles. The van der Waals surface area contributed by atoms with Crippen LogP contribution < -0.4 is 16.8 Å². The zero-order chi connectivity index (χ0) is 15.7. The lowest BCUT2D eigenvalue weighted by Crippen LogP contribution is -2.32. The maximum absolute atomic E-state index is 14.0. The van der Waals surface area contributed by atoms with Crippen LogP contribution in [0, 0.1) is 5.82 Å². The van der Waals surface area contributed by atoms with Gasteiger partial charge in [0.25, 0.3) is 0 Å². The van der Waals surface area contributed by atoms with E-state index in [9.17, 15) is 9.18 Å².